The molecule has 0 radical (unpaired) electrons. The molecule has 0 heterocycles. The summed E-state index contributed by atoms with van der Waals surface area (Å²) in [5.74, 6) is 2.97. The van der Waals surface area contributed by atoms with Crippen molar-refractivity contribution in [2.45, 2.75) is 130 Å². The highest BCUT2D eigenvalue weighted by Crippen LogP contribution is 2.69. The maximum atomic E-state index is 12.2. The fourth-order valence-corrected chi connectivity index (χ4v) is 9.59. The normalized spacial score (nSPS) is 49.1. The van der Waals surface area contributed by atoms with E-state index < -0.39 is 35.3 Å². The summed E-state index contributed by atoms with van der Waals surface area (Å²) in [6, 6.07) is 0. The Balaban J connectivity index is 1.64. The zero-order chi connectivity index (χ0) is 25.9. The molecule has 0 amide bonds. The Morgan fingerprint density at radius 3 is 2.29 bits per heavy atom. The van der Waals surface area contributed by atoms with Gasteiger partial charge in [0.05, 0.1) is 6.10 Å². The second-order valence-corrected chi connectivity index (χ2v) is 14.1. The number of aliphatic hydroxyl groups is 3. The lowest BCUT2D eigenvalue weighted by Gasteiger charge is -2.66. The summed E-state index contributed by atoms with van der Waals surface area (Å²) in [6.07, 6.45) is 5.95. The molecule has 1 unspecified atom stereocenters. The van der Waals surface area contributed by atoms with Gasteiger partial charge < -0.3 is 20.1 Å². The molecule has 4 saturated carbocycles. The van der Waals surface area contributed by atoms with Crippen LogP contribution in [0.25, 0.3) is 0 Å². The summed E-state index contributed by atoms with van der Waals surface area (Å²) in [6.45, 7) is 15.5. The van der Waals surface area contributed by atoms with Crippen molar-refractivity contribution in [1.29, 1.82) is 0 Å². The van der Waals surface area contributed by atoms with E-state index in [-0.39, 0.29) is 23.7 Å². The lowest BCUT2D eigenvalue weighted by atomic mass is 9.41. The van der Waals surface area contributed by atoms with Crippen LogP contribution in [0.4, 0.5) is 0 Å². The van der Waals surface area contributed by atoms with E-state index in [0.717, 1.165) is 25.2 Å². The minimum atomic E-state index is -1.43. The largest absolute Gasteiger partial charge is 0.459 e. The lowest BCUT2D eigenvalue weighted by Crippen LogP contribution is -2.73. The number of aliphatic hydroxyl groups excluding tert-OH is 2. The average molecular weight is 493 g/mol. The molecule has 202 valence electrons. The van der Waals surface area contributed by atoms with Crippen LogP contribution in [0.1, 0.15) is 106 Å². The van der Waals surface area contributed by atoms with Gasteiger partial charge in [-0.1, -0.05) is 54.4 Å². The van der Waals surface area contributed by atoms with Crippen molar-refractivity contribution in [3.8, 4) is 0 Å². The Labute approximate surface area is 213 Å². The van der Waals surface area contributed by atoms with Gasteiger partial charge in [0.25, 0.3) is 0 Å². The van der Waals surface area contributed by atoms with E-state index in [1.807, 2.05) is 0 Å². The van der Waals surface area contributed by atoms with Gasteiger partial charge >= 0.3 is 5.97 Å². The van der Waals surface area contributed by atoms with Crippen LogP contribution >= 0.6 is 0 Å². The molecule has 0 spiro atoms. The number of hydrogen-bond donors (Lipinski definition) is 3. The summed E-state index contributed by atoms with van der Waals surface area (Å²) in [4.78, 5) is 12.2. The quantitative estimate of drug-likeness (QED) is 0.436. The third-order valence-electron chi connectivity index (χ3n) is 12.1. The predicted octanol–water partition coefficient (Wildman–Crippen LogP) is 5.34. The first-order valence-electron chi connectivity index (χ1n) is 14.5. The maximum Gasteiger partial charge on any atom is 0.303 e. The molecule has 0 bridgehead atoms. The Hall–Kier alpha value is -0.650. The number of carbonyl (C=O) groups is 1. The molecule has 3 N–H and O–H groups in total. The average Bonchev–Trinajstić information content (AvgIpc) is 3.13. The van der Waals surface area contributed by atoms with E-state index in [1.165, 1.54) is 26.2 Å². The van der Waals surface area contributed by atoms with E-state index in [0.29, 0.717) is 36.5 Å². The summed E-state index contributed by atoms with van der Waals surface area (Å²) in [5, 5.41) is 34.0. The van der Waals surface area contributed by atoms with Gasteiger partial charge in [-0.2, -0.15) is 0 Å². The third-order valence-corrected chi connectivity index (χ3v) is 12.1. The molecule has 0 aliphatic heterocycles. The zero-order valence-electron chi connectivity index (χ0n) is 23.3. The molecule has 5 nitrogen and oxygen atoms in total. The van der Waals surface area contributed by atoms with E-state index >= 15 is 0 Å². The summed E-state index contributed by atoms with van der Waals surface area (Å²) in [5.41, 5.74) is -1.75. The van der Waals surface area contributed by atoms with Crippen molar-refractivity contribution < 1.29 is 24.9 Å². The first kappa shape index (κ1) is 27.4. The van der Waals surface area contributed by atoms with E-state index in [9.17, 15) is 20.1 Å². The smallest absolute Gasteiger partial charge is 0.303 e. The number of ether oxygens (including phenoxy) is 1. The monoisotopic (exact) mass is 492 g/mol. The van der Waals surface area contributed by atoms with Crippen LogP contribution in [0.15, 0.2) is 0 Å². The highest BCUT2D eigenvalue weighted by molar-refractivity contribution is 5.66. The molecule has 4 rings (SSSR count). The van der Waals surface area contributed by atoms with Crippen molar-refractivity contribution in [1.82, 2.24) is 0 Å². The van der Waals surface area contributed by atoms with Crippen molar-refractivity contribution in [3.63, 3.8) is 0 Å². The summed E-state index contributed by atoms with van der Waals surface area (Å²) < 4.78 is 5.89. The van der Waals surface area contributed by atoms with Crippen molar-refractivity contribution in [2.24, 2.45) is 52.3 Å². The molecule has 5 heteroatoms. The minimum absolute atomic E-state index is 0.0555. The summed E-state index contributed by atoms with van der Waals surface area (Å²) in [7, 11) is 0. The molecule has 0 saturated heterocycles. The number of fused-ring (bicyclic) bond motifs is 5. The van der Waals surface area contributed by atoms with Crippen LogP contribution < -0.4 is 0 Å². The van der Waals surface area contributed by atoms with Crippen molar-refractivity contribution >= 4 is 5.97 Å². The second kappa shape index (κ2) is 9.58. The van der Waals surface area contributed by atoms with Crippen LogP contribution in [-0.2, 0) is 9.53 Å². The van der Waals surface area contributed by atoms with Gasteiger partial charge in [-0.25, -0.2) is 0 Å². The van der Waals surface area contributed by atoms with Gasteiger partial charge in [0.15, 0.2) is 0 Å². The standard InChI is InChI=1S/C30H52O5/c1-17(2)18(3)8-9-19(4)22-10-11-23-25-24(13-14-28(22,23)6)29(7)15-12-21(32)16-30(29,34)27(33)26(25)35-20(5)31/h17-19,21-27,32-34H,8-16H2,1-7H3/t18-,19+,21?,22+,23-,24-,25-,26+,27+,28+,29+,30-/m0/s1. The van der Waals surface area contributed by atoms with Crippen LogP contribution in [0.2, 0.25) is 0 Å². The van der Waals surface area contributed by atoms with Crippen LogP contribution in [0, 0.1) is 52.3 Å². The Morgan fingerprint density at radius 1 is 0.971 bits per heavy atom. The molecular formula is C30H52O5. The molecule has 35 heavy (non-hydrogen) atoms. The molecule has 4 aliphatic rings. The van der Waals surface area contributed by atoms with E-state index in [4.69, 9.17) is 4.74 Å². The second-order valence-electron chi connectivity index (χ2n) is 14.1. The van der Waals surface area contributed by atoms with Gasteiger partial charge in [0.2, 0.25) is 0 Å². The number of rotatable bonds is 6. The molecule has 4 aliphatic carbocycles. The van der Waals surface area contributed by atoms with Crippen LogP contribution in [0.5, 0.6) is 0 Å². The van der Waals surface area contributed by atoms with Crippen LogP contribution in [-0.4, -0.2) is 45.2 Å². The Kier molecular flexibility index (Phi) is 7.50. The van der Waals surface area contributed by atoms with Gasteiger partial charge in [-0.15, -0.1) is 0 Å². The topological polar surface area (TPSA) is 87.0 Å². The highest BCUT2D eigenvalue weighted by Gasteiger charge is 2.71. The summed E-state index contributed by atoms with van der Waals surface area (Å²) >= 11 is 0. The zero-order valence-corrected chi connectivity index (χ0v) is 23.3. The van der Waals surface area contributed by atoms with Crippen molar-refractivity contribution in [3.05, 3.63) is 0 Å². The molecular weight excluding hydrogens is 440 g/mol. The molecule has 0 aromatic carbocycles. The minimum Gasteiger partial charge on any atom is -0.459 e. The van der Waals surface area contributed by atoms with E-state index in [1.54, 1.807) is 0 Å². The first-order chi connectivity index (χ1) is 16.3. The lowest BCUT2D eigenvalue weighted by molar-refractivity contribution is -0.300. The maximum absolute atomic E-state index is 12.2. The van der Waals surface area contributed by atoms with Gasteiger partial charge in [-0.3, -0.25) is 4.79 Å². The third kappa shape index (κ3) is 4.30. The first-order valence-corrected chi connectivity index (χ1v) is 14.5. The van der Waals surface area contributed by atoms with E-state index in [2.05, 4.69) is 41.5 Å². The molecule has 12 atom stereocenters. The Bertz CT molecular complexity index is 783. The van der Waals surface area contributed by atoms with Gasteiger partial charge in [-0.05, 0) is 79.4 Å². The van der Waals surface area contributed by atoms with Gasteiger partial charge in [0.1, 0.15) is 17.8 Å². The fraction of sp³-hybridized carbons (Fsp3) is 0.967. The van der Waals surface area contributed by atoms with Gasteiger partial charge in [0, 0.05) is 24.7 Å². The van der Waals surface area contributed by atoms with Crippen LogP contribution in [0.3, 0.4) is 0 Å². The highest BCUT2D eigenvalue weighted by atomic mass is 16.6. The molecule has 0 aromatic rings. The van der Waals surface area contributed by atoms with Crippen molar-refractivity contribution in [2.75, 3.05) is 0 Å². The molecule has 0 aromatic heterocycles. The molecule has 4 fully saturated rings. The predicted molar refractivity (Wildman–Crippen MR) is 137 cm³/mol. The Morgan fingerprint density at radius 2 is 1.66 bits per heavy atom. The SMILES string of the molecule is CC(=O)O[C@@H]1[C@H]2[C@@H]3CC[C@H]([C@H](C)CC[C@H](C)C(C)C)[C@@]3(C)CC[C@@H]2[C@@]2(C)CCC(O)C[C@]2(O)[C@@H]1O. The number of esters is 1. The fourth-order valence-electron chi connectivity index (χ4n) is 9.59. The number of hydrogen-bond acceptors (Lipinski definition) is 5. The number of carbonyl (C=O) groups excluding carboxylic acids is 1.